The van der Waals surface area contributed by atoms with Crippen molar-refractivity contribution in [1.82, 2.24) is 0 Å². The normalized spacial score (nSPS) is 0. The number of rotatable bonds is 0. The van der Waals surface area contributed by atoms with Gasteiger partial charge in [-0.25, -0.2) is 0 Å². The summed E-state index contributed by atoms with van der Waals surface area (Å²) < 4.78 is 0. The maximum absolute atomic E-state index is 0. The van der Waals surface area contributed by atoms with Gasteiger partial charge in [0, 0.05) is 43.3 Å². The van der Waals surface area contributed by atoms with Gasteiger partial charge in [0.2, 0.25) is 0 Å². The summed E-state index contributed by atoms with van der Waals surface area (Å²) in [5.74, 6) is 0. The van der Waals surface area contributed by atoms with Crippen LogP contribution >= 0.6 is 0 Å². The van der Waals surface area contributed by atoms with Crippen molar-refractivity contribution >= 4 is 0 Å². The fraction of sp³-hybridized carbons (Fsp3) is 0. The van der Waals surface area contributed by atoms with E-state index in [2.05, 4.69) is 0 Å². The van der Waals surface area contributed by atoms with Crippen LogP contribution in [0.3, 0.4) is 0 Å². The van der Waals surface area contributed by atoms with E-state index in [0.29, 0.717) is 0 Å². The van der Waals surface area contributed by atoms with Crippen molar-refractivity contribution in [2.75, 3.05) is 0 Å². The van der Waals surface area contributed by atoms with Crippen LogP contribution in [0.15, 0.2) is 0 Å². The van der Waals surface area contributed by atoms with Crippen LogP contribution in [0.25, 0.3) is 0 Å². The Morgan fingerprint density at radius 1 is 1.25 bits per heavy atom. The minimum Gasteiger partial charge on any atom is -1.00 e. The Hall–Kier alpha value is 3.00. The van der Waals surface area contributed by atoms with Crippen LogP contribution in [0.5, 0.6) is 0 Å². The molecule has 0 bridgehead atoms. The maximum Gasteiger partial charge on any atom is 1.00 e. The molecule has 0 radical (unpaired) electrons. The van der Waals surface area contributed by atoms with Gasteiger partial charge in [0.1, 0.15) is 0 Å². The summed E-state index contributed by atoms with van der Waals surface area (Å²) in [7, 11) is 0. The molecule has 4 heteroatoms. The molecule has 16 valence electrons. The van der Waals surface area contributed by atoms with Crippen LogP contribution in [0.2, 0.25) is 0 Å². The van der Waals surface area contributed by atoms with Gasteiger partial charge in [-0.2, -0.15) is 0 Å². The van der Waals surface area contributed by atoms with Crippen molar-refractivity contribution in [2.45, 2.75) is 0 Å². The molecule has 0 heterocycles. The van der Waals surface area contributed by atoms with Gasteiger partial charge in [-0.1, -0.05) is 0 Å². The Bertz CT molecular complexity index is 13.5. The third kappa shape index (κ3) is 8.89. The number of hydrogen-bond donors (Lipinski definition) is 0. The average molecular weight is 179 g/mol. The predicted octanol–water partition coefficient (Wildman–Crippen LogP) is -5.77. The molecule has 0 rings (SSSR count). The van der Waals surface area contributed by atoms with E-state index in [0.717, 1.165) is 0 Å². The molecule has 0 nitrogen and oxygen atoms in total. The van der Waals surface area contributed by atoms with E-state index in [4.69, 9.17) is 0 Å². The Balaban J connectivity index is 0. The summed E-state index contributed by atoms with van der Waals surface area (Å²) in [4.78, 5) is 0. The second-order valence-electron chi connectivity index (χ2n) is 0. The monoisotopic (exact) mass is 178 g/mol. The van der Waals surface area contributed by atoms with Gasteiger partial charge < -0.3 is 2.85 Å². The first kappa shape index (κ1) is 28.0. The summed E-state index contributed by atoms with van der Waals surface area (Å²) in [6.07, 6.45) is 0. The fourth-order valence-corrected chi connectivity index (χ4v) is 0. The second-order valence-corrected chi connectivity index (χ2v) is 0. The first-order chi connectivity index (χ1) is 0. The molecule has 4 heavy (non-hydrogen) atoms. The third-order valence-corrected chi connectivity index (χ3v) is 0. The molecule has 0 aromatic heterocycles. The summed E-state index contributed by atoms with van der Waals surface area (Å²) in [5, 5.41) is 0. The third-order valence-electron chi connectivity index (χ3n) is 0. The molecule has 0 N–H and O–H groups in total. The molecule has 0 amide bonds. The van der Waals surface area contributed by atoms with Crippen LogP contribution < -0.4 is 48.4 Å². The van der Waals surface area contributed by atoms with Crippen LogP contribution in [0, 0.1) is 0 Å². The van der Waals surface area contributed by atoms with Crippen molar-refractivity contribution in [1.29, 1.82) is 0 Å². The van der Waals surface area contributed by atoms with Crippen molar-refractivity contribution < 1.29 is 94.5 Å². The van der Waals surface area contributed by atoms with Crippen molar-refractivity contribution in [3.63, 3.8) is 0 Å². The van der Waals surface area contributed by atoms with Crippen molar-refractivity contribution in [3.8, 4) is 0 Å². The van der Waals surface area contributed by atoms with Crippen LogP contribution in [-0.4, -0.2) is 0 Å². The Labute approximate surface area is 92.9 Å². The molecule has 0 aliphatic rings. The second kappa shape index (κ2) is 16.7. The van der Waals surface area contributed by atoms with Gasteiger partial charge in [0.05, 0.1) is 0 Å². The van der Waals surface area contributed by atoms with Gasteiger partial charge >= 0.3 is 48.4 Å². The molecule has 0 fully saturated rings. The largest absolute Gasteiger partial charge is 1.00 e. The first-order valence-corrected chi connectivity index (χ1v) is 0. The van der Waals surface area contributed by atoms with E-state index in [-0.39, 0.29) is 94.5 Å². The molecule has 0 aromatic carbocycles. The molecule has 0 aromatic rings. The zero-order valence-corrected chi connectivity index (χ0v) is 8.42. The van der Waals surface area contributed by atoms with Gasteiger partial charge in [0.25, 0.3) is 0 Å². The van der Waals surface area contributed by atoms with E-state index >= 15 is 0 Å². The van der Waals surface area contributed by atoms with Crippen molar-refractivity contribution in [2.24, 2.45) is 0 Å². The Kier molecular flexibility index (Phi) is 117. The minimum absolute atomic E-state index is 0. The van der Waals surface area contributed by atoms with E-state index in [1.807, 2.05) is 0 Å². The van der Waals surface area contributed by atoms with Crippen molar-refractivity contribution in [3.05, 3.63) is 0 Å². The SMILES string of the molecule is [Fe].[H-].[H-].[Li+].[Na+].[Zr]. The average Bonchev–Trinajstić information content (AvgIpc) is 0. The molecule has 0 spiro atoms. The van der Waals surface area contributed by atoms with Gasteiger partial charge in [-0.3, -0.25) is 0 Å². The van der Waals surface area contributed by atoms with Crippen LogP contribution in [0.4, 0.5) is 0 Å². The topological polar surface area (TPSA) is 0 Å². The summed E-state index contributed by atoms with van der Waals surface area (Å²) >= 11 is 0. The Morgan fingerprint density at radius 2 is 1.25 bits per heavy atom. The van der Waals surface area contributed by atoms with E-state index in [1.165, 1.54) is 0 Å². The van der Waals surface area contributed by atoms with Gasteiger partial charge in [-0.05, 0) is 0 Å². The molecule has 0 aliphatic carbocycles. The summed E-state index contributed by atoms with van der Waals surface area (Å²) in [6.45, 7) is 0. The maximum atomic E-state index is 0. The minimum atomic E-state index is 0. The molecular formula is H2FeLiNaZr. The van der Waals surface area contributed by atoms with Crippen LogP contribution in [0.1, 0.15) is 2.85 Å². The van der Waals surface area contributed by atoms with Gasteiger partial charge in [-0.15, -0.1) is 0 Å². The number of hydrogen-bond acceptors (Lipinski definition) is 0. The van der Waals surface area contributed by atoms with Gasteiger partial charge in [0.15, 0.2) is 0 Å². The van der Waals surface area contributed by atoms with E-state index in [9.17, 15) is 0 Å². The molecule has 0 aliphatic heterocycles. The molecular weight excluding hydrogens is 177 g/mol. The quantitative estimate of drug-likeness (QED) is 0.325. The Morgan fingerprint density at radius 3 is 1.25 bits per heavy atom. The standard InChI is InChI=1S/Fe.Li.Na.Zr.2H/q;2*+1;;2*-1. The van der Waals surface area contributed by atoms with Crippen LogP contribution in [-0.2, 0) is 43.3 Å². The molecule has 0 saturated carbocycles. The first-order valence-electron chi connectivity index (χ1n) is 0. The summed E-state index contributed by atoms with van der Waals surface area (Å²) in [6, 6.07) is 0. The molecule has 0 atom stereocenters. The smallest absolute Gasteiger partial charge is 1.00 e. The van der Waals surface area contributed by atoms with E-state index < -0.39 is 0 Å². The zero-order chi connectivity index (χ0) is 0. The summed E-state index contributed by atoms with van der Waals surface area (Å²) in [5.41, 5.74) is 0. The van der Waals surface area contributed by atoms with E-state index in [1.54, 1.807) is 0 Å². The zero-order valence-electron chi connectivity index (χ0n) is 4.85. The predicted molar refractivity (Wildman–Crippen MR) is 2.22 cm³/mol. The molecule has 0 saturated heterocycles. The molecule has 0 unspecified atom stereocenters. The fourth-order valence-electron chi connectivity index (χ4n) is 0.